The summed E-state index contributed by atoms with van der Waals surface area (Å²) in [6.45, 7) is 9.42. The first-order valence-corrected chi connectivity index (χ1v) is 12.0. The van der Waals surface area contributed by atoms with E-state index < -0.39 is 5.60 Å². The Kier molecular flexibility index (Phi) is 6.30. The van der Waals surface area contributed by atoms with Gasteiger partial charge in [0.25, 0.3) is 0 Å². The average Bonchev–Trinajstić information content (AvgIpc) is 3.22. The second-order valence-electron chi connectivity index (χ2n) is 8.93. The first-order valence-electron chi connectivity index (χ1n) is 12.0. The minimum atomic E-state index is -1.13. The summed E-state index contributed by atoms with van der Waals surface area (Å²) in [6, 6.07) is 7.28. The molecule has 1 unspecified atom stereocenters. The summed E-state index contributed by atoms with van der Waals surface area (Å²) in [4.78, 5) is 28.7. The van der Waals surface area contributed by atoms with Crippen LogP contribution in [0.4, 0.5) is 16.3 Å². The summed E-state index contributed by atoms with van der Waals surface area (Å²) in [5, 5.41) is 16.6. The smallest absolute Gasteiger partial charge is 0.319 e. The number of ether oxygens (including phenoxy) is 2. The monoisotopic (exact) mass is 481 g/mol. The fourth-order valence-electron chi connectivity index (χ4n) is 4.48. The molecule has 5 rings (SSSR count). The van der Waals surface area contributed by atoms with Gasteiger partial charge in [0.1, 0.15) is 5.82 Å². The number of aliphatic hydroxyl groups is 1. The Morgan fingerprint density at radius 1 is 1.17 bits per heavy atom. The molecule has 35 heavy (non-hydrogen) atoms. The van der Waals surface area contributed by atoms with Crippen molar-refractivity contribution in [3.63, 3.8) is 0 Å². The molecule has 0 radical (unpaired) electrons. The fourth-order valence-corrected chi connectivity index (χ4v) is 4.48. The Balaban J connectivity index is 1.61. The normalized spacial score (nSPS) is 19.4. The van der Waals surface area contributed by atoms with Gasteiger partial charge in [-0.25, -0.2) is 19.7 Å². The molecule has 3 aromatic rings. The highest BCUT2D eigenvalue weighted by Gasteiger charge is 2.43. The van der Waals surface area contributed by atoms with Crippen LogP contribution in [-0.4, -0.2) is 76.2 Å². The zero-order valence-corrected chi connectivity index (χ0v) is 20.2. The van der Waals surface area contributed by atoms with Crippen LogP contribution in [0.25, 0.3) is 22.6 Å². The number of nitrogens with zero attached hydrogens (tertiary/aromatic N) is 5. The van der Waals surface area contributed by atoms with Crippen molar-refractivity contribution < 1.29 is 19.4 Å². The highest BCUT2D eigenvalue weighted by molar-refractivity contribution is 5.90. The predicted molar refractivity (Wildman–Crippen MR) is 131 cm³/mol. The molecular weight excluding hydrogens is 450 g/mol. The number of carbonyl (C=O) groups excluding carboxylic acids is 1. The third-order valence-electron chi connectivity index (χ3n) is 6.37. The van der Waals surface area contributed by atoms with Gasteiger partial charge in [-0.2, -0.15) is 0 Å². The number of benzene rings is 1. The van der Waals surface area contributed by atoms with Gasteiger partial charge in [0, 0.05) is 30.9 Å². The minimum absolute atomic E-state index is 0.115. The van der Waals surface area contributed by atoms with E-state index in [0.717, 1.165) is 11.4 Å². The molecule has 11 nitrogen and oxygen atoms in total. The lowest BCUT2D eigenvalue weighted by molar-refractivity contribution is -0.190. The summed E-state index contributed by atoms with van der Waals surface area (Å²) in [5.74, 6) is 1.83. The van der Waals surface area contributed by atoms with Crippen molar-refractivity contribution in [2.45, 2.75) is 39.0 Å². The summed E-state index contributed by atoms with van der Waals surface area (Å²) in [6.07, 6.45) is 0. The molecule has 1 aromatic carbocycles. The number of anilines is 2. The largest absolute Gasteiger partial charge is 0.377 e. The Labute approximate surface area is 203 Å². The SMILES string of the molecule is CCNC(=O)Nc1ccc(-c2nc(N3CCOCC3C)c3nc(C4(O)COC4)n(CC)c3n2)cc1. The molecule has 11 heteroatoms. The van der Waals surface area contributed by atoms with Crippen LogP contribution in [0.3, 0.4) is 0 Å². The zero-order chi connectivity index (χ0) is 24.6. The van der Waals surface area contributed by atoms with Crippen LogP contribution in [0.2, 0.25) is 0 Å². The number of hydrogen-bond acceptors (Lipinski definition) is 8. The van der Waals surface area contributed by atoms with Crippen LogP contribution in [0.1, 0.15) is 26.6 Å². The number of morpholine rings is 1. The van der Waals surface area contributed by atoms with E-state index in [4.69, 9.17) is 24.4 Å². The number of aryl methyl sites for hydroxylation is 1. The van der Waals surface area contributed by atoms with Gasteiger partial charge in [-0.05, 0) is 45.0 Å². The number of imidazole rings is 1. The number of hydrogen-bond donors (Lipinski definition) is 3. The van der Waals surface area contributed by atoms with Gasteiger partial charge < -0.3 is 34.7 Å². The average molecular weight is 482 g/mol. The molecule has 0 spiro atoms. The highest BCUT2D eigenvalue weighted by atomic mass is 16.5. The molecule has 0 aliphatic carbocycles. The molecule has 1 atom stereocenters. The molecule has 0 saturated carbocycles. The lowest BCUT2D eigenvalue weighted by Gasteiger charge is -2.35. The van der Waals surface area contributed by atoms with Gasteiger partial charge >= 0.3 is 6.03 Å². The van der Waals surface area contributed by atoms with Gasteiger partial charge in [0.05, 0.1) is 32.5 Å². The van der Waals surface area contributed by atoms with Crippen LogP contribution in [0.15, 0.2) is 24.3 Å². The maximum absolute atomic E-state index is 11.8. The van der Waals surface area contributed by atoms with E-state index in [1.165, 1.54) is 0 Å². The maximum Gasteiger partial charge on any atom is 0.319 e. The quantitative estimate of drug-likeness (QED) is 0.489. The summed E-state index contributed by atoms with van der Waals surface area (Å²) in [5.41, 5.74) is 1.69. The van der Waals surface area contributed by atoms with Crippen molar-refractivity contribution in [2.75, 3.05) is 49.7 Å². The Morgan fingerprint density at radius 2 is 1.94 bits per heavy atom. The van der Waals surface area contributed by atoms with E-state index in [1.54, 1.807) is 0 Å². The van der Waals surface area contributed by atoms with E-state index in [9.17, 15) is 9.90 Å². The Bertz CT molecular complexity index is 1220. The van der Waals surface area contributed by atoms with Gasteiger partial charge in [0.2, 0.25) is 0 Å². The first-order chi connectivity index (χ1) is 16.9. The van der Waals surface area contributed by atoms with Crippen LogP contribution < -0.4 is 15.5 Å². The Morgan fingerprint density at radius 3 is 2.57 bits per heavy atom. The number of aromatic nitrogens is 4. The molecule has 2 aromatic heterocycles. The molecule has 2 amide bonds. The molecule has 2 aliphatic rings. The zero-order valence-electron chi connectivity index (χ0n) is 20.2. The minimum Gasteiger partial charge on any atom is -0.377 e. The lowest BCUT2D eigenvalue weighted by Crippen LogP contribution is -2.48. The number of amides is 2. The first kappa shape index (κ1) is 23.5. The summed E-state index contributed by atoms with van der Waals surface area (Å²) < 4.78 is 12.9. The predicted octanol–water partition coefficient (Wildman–Crippen LogP) is 2.10. The van der Waals surface area contributed by atoms with Crippen LogP contribution in [0, 0.1) is 0 Å². The number of fused-ring (bicyclic) bond motifs is 1. The number of carbonyl (C=O) groups is 1. The van der Waals surface area contributed by atoms with Gasteiger partial charge in [0.15, 0.2) is 28.4 Å². The van der Waals surface area contributed by atoms with Crippen molar-refractivity contribution in [3.8, 4) is 11.4 Å². The van der Waals surface area contributed by atoms with Crippen LogP contribution >= 0.6 is 0 Å². The van der Waals surface area contributed by atoms with Crippen molar-refractivity contribution in [2.24, 2.45) is 0 Å². The van der Waals surface area contributed by atoms with Crippen molar-refractivity contribution >= 4 is 28.7 Å². The second-order valence-corrected chi connectivity index (χ2v) is 8.93. The van der Waals surface area contributed by atoms with Gasteiger partial charge in [-0.1, -0.05) is 0 Å². The molecule has 3 N–H and O–H groups in total. The molecule has 2 fully saturated rings. The topological polar surface area (TPSA) is 127 Å². The molecular formula is C24H31N7O4. The maximum atomic E-state index is 11.8. The molecule has 2 saturated heterocycles. The highest BCUT2D eigenvalue weighted by Crippen LogP contribution is 2.35. The van der Waals surface area contributed by atoms with E-state index in [0.29, 0.717) is 61.3 Å². The van der Waals surface area contributed by atoms with E-state index in [-0.39, 0.29) is 25.3 Å². The van der Waals surface area contributed by atoms with Crippen LogP contribution in [-0.2, 0) is 21.6 Å². The number of nitrogens with one attached hydrogen (secondary N) is 2. The van der Waals surface area contributed by atoms with Crippen LogP contribution in [0.5, 0.6) is 0 Å². The number of urea groups is 1. The van der Waals surface area contributed by atoms with Crippen molar-refractivity contribution in [1.29, 1.82) is 0 Å². The van der Waals surface area contributed by atoms with E-state index >= 15 is 0 Å². The van der Waals surface area contributed by atoms with Crippen molar-refractivity contribution in [1.82, 2.24) is 24.8 Å². The van der Waals surface area contributed by atoms with Gasteiger partial charge in [-0.3, -0.25) is 0 Å². The van der Waals surface area contributed by atoms with Crippen molar-refractivity contribution in [3.05, 3.63) is 30.1 Å². The molecule has 0 bridgehead atoms. The van der Waals surface area contributed by atoms with E-state index in [1.807, 2.05) is 42.7 Å². The third kappa shape index (κ3) is 4.30. The molecule has 2 aliphatic heterocycles. The number of rotatable bonds is 6. The molecule has 186 valence electrons. The standard InChI is InChI=1S/C24H31N7O4/c1-4-25-23(32)26-17-8-6-16(7-9-17)19-28-20-18(21(29-19)31-10-11-34-12-15(31)3)27-22(30(20)5-2)24(33)13-35-14-24/h6-9,15,33H,4-5,10-14H2,1-3H3,(H2,25,26,32). The summed E-state index contributed by atoms with van der Waals surface area (Å²) >= 11 is 0. The van der Waals surface area contributed by atoms with Gasteiger partial charge in [-0.15, -0.1) is 0 Å². The summed E-state index contributed by atoms with van der Waals surface area (Å²) in [7, 11) is 0. The second kappa shape index (κ2) is 9.40. The Hall–Kier alpha value is -3.28. The lowest BCUT2D eigenvalue weighted by atomic mass is 10.0. The van der Waals surface area contributed by atoms with E-state index in [2.05, 4.69) is 22.5 Å². The molecule has 4 heterocycles. The third-order valence-corrected chi connectivity index (χ3v) is 6.37. The fraction of sp³-hybridized carbons (Fsp3) is 0.500.